The number of rotatable bonds is 4. The van der Waals surface area contributed by atoms with E-state index in [0.717, 1.165) is 5.56 Å². The number of aromatic nitrogens is 2. The maximum atomic E-state index is 12.5. The zero-order chi connectivity index (χ0) is 16.2. The fraction of sp³-hybridized carbons (Fsp3) is 0.118. The number of nitrogens with zero attached hydrogens (tertiary/aromatic N) is 2. The average molecular weight is 328 g/mol. The maximum Gasteiger partial charge on any atom is 0.257 e. The second-order valence-electron chi connectivity index (χ2n) is 4.98. The molecule has 0 saturated heterocycles. The van der Waals surface area contributed by atoms with Crippen molar-refractivity contribution in [2.75, 3.05) is 0 Å². The zero-order valence-corrected chi connectivity index (χ0v) is 13.2. The molecule has 0 aliphatic rings. The topological polar surface area (TPSA) is 68.0 Å². The summed E-state index contributed by atoms with van der Waals surface area (Å²) in [4.78, 5) is 16.5. The Morgan fingerprint density at radius 1 is 1.22 bits per heavy atom. The normalized spacial score (nSPS) is 10.5. The molecule has 0 radical (unpaired) electrons. The van der Waals surface area contributed by atoms with Gasteiger partial charge >= 0.3 is 0 Å². The number of carbonyl (C=O) groups is 1. The molecule has 0 bridgehead atoms. The minimum Gasteiger partial charge on any atom is -0.360 e. The van der Waals surface area contributed by atoms with Crippen LogP contribution in [0.2, 0.25) is 5.02 Å². The minimum absolute atomic E-state index is 0.254. The smallest absolute Gasteiger partial charge is 0.257 e. The molecule has 2 aromatic heterocycles. The molecule has 3 aromatic rings. The summed E-state index contributed by atoms with van der Waals surface area (Å²) >= 11 is 6.20. The molecule has 6 heteroatoms. The van der Waals surface area contributed by atoms with Gasteiger partial charge in [-0.3, -0.25) is 9.78 Å². The molecular formula is C17H14ClN3O2. The fourth-order valence-corrected chi connectivity index (χ4v) is 2.47. The molecule has 0 fully saturated rings. The lowest BCUT2D eigenvalue weighted by molar-refractivity contribution is 0.0950. The van der Waals surface area contributed by atoms with Crippen LogP contribution in [0, 0.1) is 6.92 Å². The van der Waals surface area contributed by atoms with Crippen molar-refractivity contribution in [3.8, 4) is 11.3 Å². The molecule has 2 heterocycles. The third kappa shape index (κ3) is 3.24. The SMILES string of the molecule is Cc1onc(-c2ccccc2Cl)c1C(=O)NCc1ccncc1. The van der Waals surface area contributed by atoms with Crippen molar-refractivity contribution >= 4 is 17.5 Å². The Labute approximate surface area is 138 Å². The van der Waals surface area contributed by atoms with Crippen LogP contribution in [0.1, 0.15) is 21.7 Å². The molecule has 116 valence electrons. The van der Waals surface area contributed by atoms with E-state index in [1.54, 1.807) is 31.5 Å². The number of carbonyl (C=O) groups excluding carboxylic acids is 1. The first-order valence-electron chi connectivity index (χ1n) is 7.05. The van der Waals surface area contributed by atoms with Gasteiger partial charge in [0.2, 0.25) is 0 Å². The molecule has 1 aromatic carbocycles. The van der Waals surface area contributed by atoms with Gasteiger partial charge in [-0.05, 0) is 30.7 Å². The van der Waals surface area contributed by atoms with Crippen LogP contribution in [0.5, 0.6) is 0 Å². The van der Waals surface area contributed by atoms with Crippen molar-refractivity contribution in [1.82, 2.24) is 15.5 Å². The Hall–Kier alpha value is -2.66. The molecule has 0 aliphatic carbocycles. The Balaban J connectivity index is 1.87. The number of benzene rings is 1. The largest absolute Gasteiger partial charge is 0.360 e. The lowest BCUT2D eigenvalue weighted by Gasteiger charge is -2.06. The van der Waals surface area contributed by atoms with Crippen LogP contribution >= 0.6 is 11.6 Å². The third-order valence-corrected chi connectivity index (χ3v) is 3.75. The first-order valence-corrected chi connectivity index (χ1v) is 7.43. The minimum atomic E-state index is -0.254. The highest BCUT2D eigenvalue weighted by Gasteiger charge is 2.22. The van der Waals surface area contributed by atoms with E-state index in [4.69, 9.17) is 16.1 Å². The lowest BCUT2D eigenvalue weighted by atomic mass is 10.1. The van der Waals surface area contributed by atoms with E-state index >= 15 is 0 Å². The van der Waals surface area contributed by atoms with Crippen molar-refractivity contribution in [3.63, 3.8) is 0 Å². The molecule has 3 rings (SSSR count). The van der Waals surface area contributed by atoms with Crippen LogP contribution in [0.25, 0.3) is 11.3 Å². The number of aryl methyl sites for hydroxylation is 1. The molecular weight excluding hydrogens is 314 g/mol. The third-order valence-electron chi connectivity index (χ3n) is 3.42. The lowest BCUT2D eigenvalue weighted by Crippen LogP contribution is -2.23. The van der Waals surface area contributed by atoms with E-state index in [0.29, 0.717) is 34.1 Å². The summed E-state index contributed by atoms with van der Waals surface area (Å²) in [5.74, 6) is 0.197. The van der Waals surface area contributed by atoms with E-state index in [-0.39, 0.29) is 5.91 Å². The molecule has 0 unspecified atom stereocenters. The Morgan fingerprint density at radius 3 is 2.70 bits per heavy atom. The summed E-state index contributed by atoms with van der Waals surface area (Å²) in [7, 11) is 0. The van der Waals surface area contributed by atoms with Gasteiger partial charge in [0.15, 0.2) is 0 Å². The van der Waals surface area contributed by atoms with Crippen LogP contribution in [-0.2, 0) is 6.54 Å². The van der Waals surface area contributed by atoms with E-state index in [2.05, 4.69) is 15.5 Å². The first-order chi connectivity index (χ1) is 11.2. The van der Waals surface area contributed by atoms with E-state index < -0.39 is 0 Å². The number of hydrogen-bond acceptors (Lipinski definition) is 4. The summed E-state index contributed by atoms with van der Waals surface area (Å²) in [6.45, 7) is 2.10. The average Bonchev–Trinajstić information content (AvgIpc) is 2.95. The Morgan fingerprint density at radius 2 is 1.96 bits per heavy atom. The van der Waals surface area contributed by atoms with Gasteiger partial charge < -0.3 is 9.84 Å². The quantitative estimate of drug-likeness (QED) is 0.794. The summed E-state index contributed by atoms with van der Waals surface area (Å²) < 4.78 is 5.20. The zero-order valence-electron chi connectivity index (χ0n) is 12.4. The second-order valence-corrected chi connectivity index (χ2v) is 5.39. The summed E-state index contributed by atoms with van der Waals surface area (Å²) in [5, 5.41) is 7.37. The van der Waals surface area contributed by atoms with E-state index in [1.165, 1.54) is 0 Å². The van der Waals surface area contributed by atoms with Gasteiger partial charge in [0.25, 0.3) is 5.91 Å². The van der Waals surface area contributed by atoms with Crippen molar-refractivity contribution in [1.29, 1.82) is 0 Å². The monoisotopic (exact) mass is 327 g/mol. The van der Waals surface area contributed by atoms with Crippen LogP contribution in [0.15, 0.2) is 53.3 Å². The van der Waals surface area contributed by atoms with Crippen LogP contribution in [0.3, 0.4) is 0 Å². The maximum absolute atomic E-state index is 12.5. The first kappa shape index (κ1) is 15.2. The fourth-order valence-electron chi connectivity index (χ4n) is 2.25. The van der Waals surface area contributed by atoms with E-state index in [1.807, 2.05) is 24.3 Å². The molecule has 0 aliphatic heterocycles. The number of amides is 1. The predicted octanol–water partition coefficient (Wildman–Crippen LogP) is 3.63. The molecule has 1 N–H and O–H groups in total. The van der Waals surface area contributed by atoms with Crippen LogP contribution in [0.4, 0.5) is 0 Å². The molecule has 5 nitrogen and oxygen atoms in total. The predicted molar refractivity (Wildman–Crippen MR) is 87.1 cm³/mol. The Kier molecular flexibility index (Phi) is 4.39. The van der Waals surface area contributed by atoms with E-state index in [9.17, 15) is 4.79 Å². The molecule has 1 amide bonds. The molecule has 0 saturated carbocycles. The molecule has 23 heavy (non-hydrogen) atoms. The Bertz CT molecular complexity index is 831. The van der Waals surface area contributed by atoms with Crippen molar-refractivity contribution in [2.24, 2.45) is 0 Å². The number of hydrogen-bond donors (Lipinski definition) is 1. The highest BCUT2D eigenvalue weighted by Crippen LogP contribution is 2.30. The van der Waals surface area contributed by atoms with Crippen LogP contribution in [-0.4, -0.2) is 16.0 Å². The van der Waals surface area contributed by atoms with Gasteiger partial charge in [-0.25, -0.2) is 0 Å². The summed E-state index contributed by atoms with van der Waals surface area (Å²) in [5.41, 5.74) is 2.47. The molecule has 0 atom stereocenters. The van der Waals surface area contributed by atoms with Crippen LogP contribution < -0.4 is 5.32 Å². The summed E-state index contributed by atoms with van der Waals surface area (Å²) in [6, 6.07) is 10.9. The second kappa shape index (κ2) is 6.62. The summed E-state index contributed by atoms with van der Waals surface area (Å²) in [6.07, 6.45) is 3.36. The van der Waals surface area contributed by atoms with Gasteiger partial charge in [-0.2, -0.15) is 0 Å². The highest BCUT2D eigenvalue weighted by molar-refractivity contribution is 6.33. The van der Waals surface area contributed by atoms with Crippen molar-refractivity contribution < 1.29 is 9.32 Å². The van der Waals surface area contributed by atoms with Gasteiger partial charge in [0.1, 0.15) is 17.0 Å². The molecule has 0 spiro atoms. The standard InChI is InChI=1S/C17H14ClN3O2/c1-11-15(17(22)20-10-12-6-8-19-9-7-12)16(21-23-11)13-4-2-3-5-14(13)18/h2-9H,10H2,1H3,(H,20,22). The number of halogens is 1. The van der Waals surface area contributed by atoms with Gasteiger partial charge in [-0.1, -0.05) is 35.0 Å². The van der Waals surface area contributed by atoms with Crippen molar-refractivity contribution in [2.45, 2.75) is 13.5 Å². The number of nitrogens with one attached hydrogen (secondary N) is 1. The van der Waals surface area contributed by atoms with Gasteiger partial charge in [-0.15, -0.1) is 0 Å². The van der Waals surface area contributed by atoms with Gasteiger partial charge in [0.05, 0.1) is 5.02 Å². The van der Waals surface area contributed by atoms with Gasteiger partial charge in [0, 0.05) is 24.5 Å². The van der Waals surface area contributed by atoms with Crippen molar-refractivity contribution in [3.05, 3.63) is 70.7 Å². The highest BCUT2D eigenvalue weighted by atomic mass is 35.5. The number of pyridine rings is 1.